The highest BCUT2D eigenvalue weighted by Gasteiger charge is 2.18. The van der Waals surface area contributed by atoms with Gasteiger partial charge in [0.2, 0.25) is 0 Å². The SMILES string of the molecule is c1ccc(-c2nc(-c3ccc(-c4ccc(-c5ccccc5-c5ccccc5)c5ccccc45)cc3)nc(-c3cccc4c3oc3ccccc34)n2)cc1. The van der Waals surface area contributed by atoms with Gasteiger partial charge in [-0.1, -0.05) is 176 Å². The van der Waals surface area contributed by atoms with Crippen LogP contribution in [0.25, 0.3) is 100 Å². The molecule has 0 aliphatic carbocycles. The molecule has 0 bridgehead atoms. The maximum atomic E-state index is 6.39. The minimum atomic E-state index is 0.569. The fourth-order valence-electron chi connectivity index (χ4n) is 7.44. The Labute approximate surface area is 306 Å². The van der Waals surface area contributed by atoms with E-state index in [9.17, 15) is 0 Å². The van der Waals surface area contributed by atoms with E-state index in [1.165, 1.54) is 38.6 Å². The third kappa shape index (κ3) is 5.45. The summed E-state index contributed by atoms with van der Waals surface area (Å²) in [4.78, 5) is 15.1. The van der Waals surface area contributed by atoms with E-state index >= 15 is 0 Å². The van der Waals surface area contributed by atoms with E-state index in [-0.39, 0.29) is 0 Å². The number of aromatic nitrogens is 3. The highest BCUT2D eigenvalue weighted by Crippen LogP contribution is 2.40. The van der Waals surface area contributed by atoms with E-state index in [1.807, 2.05) is 60.7 Å². The minimum Gasteiger partial charge on any atom is -0.455 e. The predicted octanol–water partition coefficient (Wildman–Crippen LogP) is 12.9. The number of hydrogen-bond acceptors (Lipinski definition) is 4. The summed E-state index contributed by atoms with van der Waals surface area (Å²) in [6.07, 6.45) is 0. The molecule has 2 heterocycles. The Morgan fingerprint density at radius 2 is 0.736 bits per heavy atom. The van der Waals surface area contributed by atoms with Crippen molar-refractivity contribution < 1.29 is 4.42 Å². The predicted molar refractivity (Wildman–Crippen MR) is 217 cm³/mol. The highest BCUT2D eigenvalue weighted by molar-refractivity contribution is 6.09. The van der Waals surface area contributed by atoms with E-state index in [2.05, 4.69) is 127 Å². The van der Waals surface area contributed by atoms with Crippen LogP contribution >= 0.6 is 0 Å². The topological polar surface area (TPSA) is 51.8 Å². The molecule has 0 spiro atoms. The molecule has 4 heteroatoms. The Kier molecular flexibility index (Phi) is 7.43. The van der Waals surface area contributed by atoms with Crippen molar-refractivity contribution in [3.63, 3.8) is 0 Å². The molecule has 10 aromatic rings. The normalized spacial score (nSPS) is 11.4. The number of para-hydroxylation sites is 2. The standard InChI is InChI=1S/C49H31N3O/c1-3-14-32(15-4-1)36-18-7-8-19-38(36)41-31-30-37(39-20-9-10-21-40(39)41)33-26-28-35(29-27-33)48-50-47(34-16-5-2-6-17-34)51-49(52-48)44-24-13-23-43-42-22-11-12-25-45(42)53-46(43)44/h1-31H. The lowest BCUT2D eigenvalue weighted by atomic mass is 9.88. The van der Waals surface area contributed by atoms with Gasteiger partial charge in [0.05, 0.1) is 5.56 Å². The lowest BCUT2D eigenvalue weighted by Crippen LogP contribution is -2.00. The van der Waals surface area contributed by atoms with Crippen molar-refractivity contribution in [3.8, 4) is 67.5 Å². The van der Waals surface area contributed by atoms with Gasteiger partial charge in [-0.3, -0.25) is 0 Å². The summed E-state index contributed by atoms with van der Waals surface area (Å²) in [7, 11) is 0. The van der Waals surface area contributed by atoms with Crippen molar-refractivity contribution >= 4 is 32.7 Å². The largest absolute Gasteiger partial charge is 0.455 e. The lowest BCUT2D eigenvalue weighted by molar-refractivity contribution is 0.669. The van der Waals surface area contributed by atoms with Crippen molar-refractivity contribution in [2.24, 2.45) is 0 Å². The summed E-state index contributed by atoms with van der Waals surface area (Å²) in [5, 5.41) is 4.52. The Hall–Kier alpha value is -7.17. The molecule has 4 nitrogen and oxygen atoms in total. The monoisotopic (exact) mass is 677 g/mol. The summed E-state index contributed by atoms with van der Waals surface area (Å²) in [6.45, 7) is 0. The average Bonchev–Trinajstić information content (AvgIpc) is 3.63. The molecule has 2 aromatic heterocycles. The molecule has 248 valence electrons. The second-order valence-electron chi connectivity index (χ2n) is 13.1. The van der Waals surface area contributed by atoms with Gasteiger partial charge in [-0.25, -0.2) is 15.0 Å². The van der Waals surface area contributed by atoms with Gasteiger partial charge in [-0.15, -0.1) is 0 Å². The summed E-state index contributed by atoms with van der Waals surface area (Å²) < 4.78 is 6.39. The van der Waals surface area contributed by atoms with Crippen LogP contribution in [0.1, 0.15) is 0 Å². The van der Waals surface area contributed by atoms with Gasteiger partial charge in [-0.2, -0.15) is 0 Å². The zero-order valence-electron chi connectivity index (χ0n) is 28.6. The van der Waals surface area contributed by atoms with E-state index in [1.54, 1.807) is 0 Å². The van der Waals surface area contributed by atoms with Crippen molar-refractivity contribution in [2.45, 2.75) is 0 Å². The van der Waals surface area contributed by atoms with Gasteiger partial charge < -0.3 is 4.42 Å². The molecule has 0 aliphatic heterocycles. The summed E-state index contributed by atoms with van der Waals surface area (Å²) in [6, 6.07) is 65.3. The second-order valence-corrected chi connectivity index (χ2v) is 13.1. The molecule has 0 amide bonds. The molecule has 53 heavy (non-hydrogen) atoms. The van der Waals surface area contributed by atoms with E-state index in [4.69, 9.17) is 19.4 Å². The summed E-state index contributed by atoms with van der Waals surface area (Å²) in [5.41, 5.74) is 11.4. The van der Waals surface area contributed by atoms with Crippen LogP contribution < -0.4 is 0 Å². The van der Waals surface area contributed by atoms with Gasteiger partial charge in [0, 0.05) is 21.9 Å². The molecule has 0 atom stereocenters. The van der Waals surface area contributed by atoms with Gasteiger partial charge in [0.1, 0.15) is 11.2 Å². The summed E-state index contributed by atoms with van der Waals surface area (Å²) in [5.74, 6) is 1.78. The van der Waals surface area contributed by atoms with E-state index in [0.29, 0.717) is 17.5 Å². The molecule has 0 unspecified atom stereocenters. The molecule has 10 rings (SSSR count). The van der Waals surface area contributed by atoms with Crippen LogP contribution in [0, 0.1) is 0 Å². The molecule has 0 saturated carbocycles. The number of hydrogen-bond donors (Lipinski definition) is 0. The second kappa shape index (κ2) is 12.9. The molecular weight excluding hydrogens is 647 g/mol. The van der Waals surface area contributed by atoms with Crippen LogP contribution in [0.15, 0.2) is 192 Å². The van der Waals surface area contributed by atoms with Crippen molar-refractivity contribution in [2.75, 3.05) is 0 Å². The first kappa shape index (κ1) is 30.6. The number of fused-ring (bicyclic) bond motifs is 4. The smallest absolute Gasteiger partial charge is 0.167 e. The first-order chi connectivity index (χ1) is 26.3. The van der Waals surface area contributed by atoms with Crippen molar-refractivity contribution in [1.82, 2.24) is 15.0 Å². The molecule has 0 saturated heterocycles. The Morgan fingerprint density at radius 3 is 1.47 bits per heavy atom. The van der Waals surface area contributed by atoms with Crippen LogP contribution in [-0.2, 0) is 0 Å². The molecule has 8 aromatic carbocycles. The van der Waals surface area contributed by atoms with Crippen LogP contribution in [0.3, 0.4) is 0 Å². The molecule has 0 fully saturated rings. The molecule has 0 N–H and O–H groups in total. The van der Waals surface area contributed by atoms with E-state index < -0.39 is 0 Å². The molecular formula is C49H31N3O. The third-order valence-electron chi connectivity index (χ3n) is 9.99. The van der Waals surface area contributed by atoms with Crippen molar-refractivity contribution in [1.29, 1.82) is 0 Å². The summed E-state index contributed by atoms with van der Waals surface area (Å²) >= 11 is 0. The first-order valence-electron chi connectivity index (χ1n) is 17.8. The zero-order chi connectivity index (χ0) is 35.1. The Balaban J connectivity index is 1.08. The average molecular weight is 678 g/mol. The van der Waals surface area contributed by atoms with Crippen LogP contribution in [0.2, 0.25) is 0 Å². The van der Waals surface area contributed by atoms with Crippen LogP contribution in [-0.4, -0.2) is 15.0 Å². The van der Waals surface area contributed by atoms with Crippen molar-refractivity contribution in [3.05, 3.63) is 188 Å². The lowest BCUT2D eigenvalue weighted by Gasteiger charge is -2.15. The number of benzene rings is 8. The fraction of sp³-hybridized carbons (Fsp3) is 0. The molecule has 0 aliphatic rings. The maximum Gasteiger partial charge on any atom is 0.167 e. The van der Waals surface area contributed by atoms with Crippen LogP contribution in [0.4, 0.5) is 0 Å². The minimum absolute atomic E-state index is 0.569. The number of rotatable bonds is 6. The van der Waals surface area contributed by atoms with Crippen LogP contribution in [0.5, 0.6) is 0 Å². The van der Waals surface area contributed by atoms with Gasteiger partial charge in [0.25, 0.3) is 0 Å². The zero-order valence-corrected chi connectivity index (χ0v) is 28.6. The number of nitrogens with zero attached hydrogens (tertiary/aromatic N) is 3. The fourth-order valence-corrected chi connectivity index (χ4v) is 7.44. The quantitative estimate of drug-likeness (QED) is 0.176. The van der Waals surface area contributed by atoms with E-state index in [0.717, 1.165) is 44.2 Å². The molecule has 0 radical (unpaired) electrons. The first-order valence-corrected chi connectivity index (χ1v) is 17.8. The Bertz CT molecular complexity index is 2930. The third-order valence-corrected chi connectivity index (χ3v) is 9.99. The van der Waals surface area contributed by atoms with Gasteiger partial charge in [0.15, 0.2) is 17.5 Å². The number of furan rings is 1. The maximum absolute atomic E-state index is 6.39. The van der Waals surface area contributed by atoms with Gasteiger partial charge in [-0.05, 0) is 56.3 Å². The Morgan fingerprint density at radius 1 is 0.264 bits per heavy atom. The van der Waals surface area contributed by atoms with Gasteiger partial charge >= 0.3 is 0 Å². The highest BCUT2D eigenvalue weighted by atomic mass is 16.3.